The van der Waals surface area contributed by atoms with E-state index in [-0.39, 0.29) is 0 Å². The van der Waals surface area contributed by atoms with Crippen molar-refractivity contribution in [1.29, 1.82) is 0 Å². The number of alkyl halides is 1. The maximum absolute atomic E-state index is 13.7. The van der Waals surface area contributed by atoms with Crippen LogP contribution in [0, 0.1) is 32.3 Å². The van der Waals surface area contributed by atoms with Gasteiger partial charge in [-0.2, -0.15) is 5.10 Å². The van der Waals surface area contributed by atoms with Crippen molar-refractivity contribution in [2.45, 2.75) is 40.8 Å². The van der Waals surface area contributed by atoms with E-state index in [9.17, 15) is 4.39 Å². The summed E-state index contributed by atoms with van der Waals surface area (Å²) in [7, 11) is 0. The minimum Gasteiger partial charge on any atom is -0.243 e. The zero-order valence-corrected chi connectivity index (χ0v) is 14.2. The molecule has 0 aliphatic rings. The summed E-state index contributed by atoms with van der Waals surface area (Å²) in [5.74, 6) is 0.631. The van der Waals surface area contributed by atoms with Crippen LogP contribution in [-0.2, 0) is 0 Å². The lowest BCUT2D eigenvalue weighted by atomic mass is 10.1. The van der Waals surface area contributed by atoms with Gasteiger partial charge in [0.2, 0.25) is 0 Å². The second-order valence-corrected chi connectivity index (χ2v) is 5.95. The van der Waals surface area contributed by atoms with Gasteiger partial charge in [0.15, 0.2) is 5.82 Å². The van der Waals surface area contributed by atoms with Gasteiger partial charge in [0, 0.05) is 5.56 Å². The topological polar surface area (TPSA) is 30.7 Å². The fourth-order valence-corrected chi connectivity index (χ4v) is 2.84. The second-order valence-electron chi connectivity index (χ2n) is 5.15. The van der Waals surface area contributed by atoms with E-state index in [0.29, 0.717) is 32.4 Å². The van der Waals surface area contributed by atoms with Gasteiger partial charge in [0.25, 0.3) is 0 Å². The molecule has 0 spiro atoms. The molecule has 2 aromatic heterocycles. The van der Waals surface area contributed by atoms with E-state index in [1.165, 1.54) is 6.92 Å². The summed E-state index contributed by atoms with van der Waals surface area (Å²) >= 11 is 11.5. The standard InChI is InChI=1S/C15H17ClFN3S/c1-7-6-12(16)10(4)18-14(7)20-15(21)8(2)13(9(3)17)11(5)19-20/h6,9H,1-5H3. The smallest absolute Gasteiger partial charge is 0.158 e. The van der Waals surface area contributed by atoms with E-state index in [0.717, 1.165) is 11.1 Å². The SMILES string of the molecule is Cc1cc(Cl)c(C)nc1-n1nc(C)c(C(C)F)c(C)c1=S. The predicted molar refractivity (Wildman–Crippen MR) is 85.7 cm³/mol. The quantitative estimate of drug-likeness (QED) is 0.735. The molecule has 0 radical (unpaired) electrons. The molecule has 0 amide bonds. The molecule has 1 atom stereocenters. The highest BCUT2D eigenvalue weighted by atomic mass is 35.5. The van der Waals surface area contributed by atoms with Crippen LogP contribution >= 0.6 is 23.8 Å². The summed E-state index contributed by atoms with van der Waals surface area (Å²) < 4.78 is 15.8. The minimum atomic E-state index is -1.10. The van der Waals surface area contributed by atoms with Gasteiger partial charge in [-0.25, -0.2) is 14.1 Å². The molecule has 0 saturated carbocycles. The molecule has 21 heavy (non-hydrogen) atoms. The van der Waals surface area contributed by atoms with Crippen molar-refractivity contribution in [3.8, 4) is 5.82 Å². The molecule has 2 aromatic rings. The summed E-state index contributed by atoms with van der Waals surface area (Å²) in [5, 5.41) is 5.03. The van der Waals surface area contributed by atoms with E-state index in [1.54, 1.807) is 11.6 Å². The van der Waals surface area contributed by atoms with Crippen molar-refractivity contribution in [2.75, 3.05) is 0 Å². The first kappa shape index (κ1) is 16.0. The number of pyridine rings is 1. The van der Waals surface area contributed by atoms with Crippen LogP contribution in [0.5, 0.6) is 0 Å². The van der Waals surface area contributed by atoms with E-state index >= 15 is 0 Å². The van der Waals surface area contributed by atoms with Gasteiger partial charge in [0.1, 0.15) is 10.8 Å². The Morgan fingerprint density at radius 3 is 2.43 bits per heavy atom. The van der Waals surface area contributed by atoms with Crippen LogP contribution < -0.4 is 0 Å². The number of rotatable bonds is 2. The maximum Gasteiger partial charge on any atom is 0.158 e. The number of aromatic nitrogens is 3. The average Bonchev–Trinajstić information content (AvgIpc) is 2.38. The van der Waals surface area contributed by atoms with E-state index in [2.05, 4.69) is 10.1 Å². The first-order valence-corrected chi connectivity index (χ1v) is 7.41. The van der Waals surface area contributed by atoms with Gasteiger partial charge in [-0.3, -0.25) is 0 Å². The Morgan fingerprint density at radius 2 is 1.86 bits per heavy atom. The molecule has 0 fully saturated rings. The van der Waals surface area contributed by atoms with Gasteiger partial charge >= 0.3 is 0 Å². The fraction of sp³-hybridized carbons (Fsp3) is 0.400. The molecule has 0 N–H and O–H groups in total. The highest BCUT2D eigenvalue weighted by Crippen LogP contribution is 2.26. The van der Waals surface area contributed by atoms with Crippen LogP contribution in [0.3, 0.4) is 0 Å². The maximum atomic E-state index is 13.7. The zero-order chi connectivity index (χ0) is 15.9. The van der Waals surface area contributed by atoms with Crippen LogP contribution in [0.15, 0.2) is 6.07 Å². The van der Waals surface area contributed by atoms with Crippen LogP contribution in [-0.4, -0.2) is 14.8 Å². The molecule has 112 valence electrons. The predicted octanol–water partition coefficient (Wildman–Crippen LogP) is 4.91. The Hall–Kier alpha value is -1.33. The third-order valence-electron chi connectivity index (χ3n) is 3.47. The Kier molecular flexibility index (Phi) is 4.44. The molecule has 2 rings (SSSR count). The van der Waals surface area contributed by atoms with E-state index < -0.39 is 6.17 Å². The second kappa shape index (κ2) is 5.81. The Balaban J connectivity index is 2.78. The number of aryl methyl sites for hydroxylation is 3. The summed E-state index contributed by atoms with van der Waals surface area (Å²) in [6.45, 7) is 8.81. The van der Waals surface area contributed by atoms with Gasteiger partial charge in [-0.1, -0.05) is 23.8 Å². The fourth-order valence-electron chi connectivity index (χ4n) is 2.40. The highest BCUT2D eigenvalue weighted by molar-refractivity contribution is 7.71. The monoisotopic (exact) mass is 325 g/mol. The van der Waals surface area contributed by atoms with Gasteiger partial charge < -0.3 is 0 Å². The Morgan fingerprint density at radius 1 is 1.24 bits per heavy atom. The summed E-state index contributed by atoms with van der Waals surface area (Å²) in [6, 6.07) is 1.83. The molecule has 3 nitrogen and oxygen atoms in total. The molecule has 0 saturated heterocycles. The molecule has 0 aromatic carbocycles. The number of hydrogen-bond donors (Lipinski definition) is 0. The van der Waals surface area contributed by atoms with Crippen molar-refractivity contribution in [1.82, 2.24) is 14.8 Å². The normalized spacial score (nSPS) is 12.5. The number of nitrogens with zero attached hydrogens (tertiary/aromatic N) is 3. The summed E-state index contributed by atoms with van der Waals surface area (Å²) in [5.41, 5.74) is 3.47. The largest absolute Gasteiger partial charge is 0.243 e. The molecule has 1 unspecified atom stereocenters. The van der Waals surface area contributed by atoms with Crippen molar-refractivity contribution in [2.24, 2.45) is 0 Å². The molecule has 6 heteroatoms. The third-order valence-corrected chi connectivity index (χ3v) is 4.33. The average molecular weight is 326 g/mol. The number of halogens is 2. The van der Waals surface area contributed by atoms with E-state index in [4.69, 9.17) is 23.8 Å². The lowest BCUT2D eigenvalue weighted by Crippen LogP contribution is -2.13. The Labute approximate surface area is 133 Å². The van der Waals surface area contributed by atoms with Crippen molar-refractivity contribution in [3.05, 3.63) is 43.8 Å². The van der Waals surface area contributed by atoms with Crippen LogP contribution in [0.4, 0.5) is 4.39 Å². The van der Waals surface area contributed by atoms with Crippen molar-refractivity contribution < 1.29 is 4.39 Å². The van der Waals surface area contributed by atoms with Crippen molar-refractivity contribution in [3.63, 3.8) is 0 Å². The molecular weight excluding hydrogens is 309 g/mol. The third kappa shape index (κ3) is 2.85. The number of hydrogen-bond acceptors (Lipinski definition) is 3. The molecular formula is C15H17ClFN3S. The van der Waals surface area contributed by atoms with Gasteiger partial charge in [0.05, 0.1) is 16.4 Å². The Bertz CT molecular complexity index is 768. The zero-order valence-electron chi connectivity index (χ0n) is 12.7. The van der Waals surface area contributed by atoms with Gasteiger partial charge in [-0.15, -0.1) is 0 Å². The summed E-state index contributed by atoms with van der Waals surface area (Å²) in [6.07, 6.45) is -1.10. The first-order valence-electron chi connectivity index (χ1n) is 6.62. The first-order chi connectivity index (χ1) is 9.73. The molecule has 0 bridgehead atoms. The molecule has 0 aliphatic carbocycles. The summed E-state index contributed by atoms with van der Waals surface area (Å²) in [4.78, 5) is 4.47. The lowest BCUT2D eigenvalue weighted by Gasteiger charge is -2.16. The highest BCUT2D eigenvalue weighted by Gasteiger charge is 2.17. The lowest BCUT2D eigenvalue weighted by molar-refractivity contribution is 0.368. The molecule has 0 aliphatic heterocycles. The van der Waals surface area contributed by atoms with Crippen molar-refractivity contribution >= 4 is 23.8 Å². The van der Waals surface area contributed by atoms with E-state index in [1.807, 2.05) is 26.8 Å². The van der Waals surface area contributed by atoms with Crippen LogP contribution in [0.2, 0.25) is 5.02 Å². The van der Waals surface area contributed by atoms with Crippen LogP contribution in [0.1, 0.15) is 41.2 Å². The minimum absolute atomic E-state index is 0.470. The van der Waals surface area contributed by atoms with Crippen LogP contribution in [0.25, 0.3) is 5.82 Å². The van der Waals surface area contributed by atoms with Gasteiger partial charge in [-0.05, 0) is 51.8 Å². The molecule has 2 heterocycles.